The molecule has 0 aromatic heterocycles. The second-order valence-electron chi connectivity index (χ2n) is 4.51. The standard InChI is InChI=1S/C8H4F2O3.C7H4F2O2/c9-4-2-1-3-5(6(4)10)8(12)13-7(3)11;8-5-2-1-4(7(10)11)3-6(5)9/h1-2,8,12H;1-3H,(H,10,11). The Morgan fingerprint density at radius 3 is 2.21 bits per heavy atom. The Labute approximate surface area is 131 Å². The molecular weight excluding hydrogens is 336 g/mol. The first-order chi connectivity index (χ1) is 11.2. The summed E-state index contributed by atoms with van der Waals surface area (Å²) < 4.78 is 54.4. The van der Waals surface area contributed by atoms with Gasteiger partial charge >= 0.3 is 11.9 Å². The van der Waals surface area contributed by atoms with Crippen molar-refractivity contribution in [1.29, 1.82) is 0 Å². The van der Waals surface area contributed by atoms with Gasteiger partial charge in [-0.1, -0.05) is 0 Å². The predicted molar refractivity (Wildman–Crippen MR) is 70.1 cm³/mol. The maximum absolute atomic E-state index is 13.0. The smallest absolute Gasteiger partial charge is 0.341 e. The third-order valence-electron chi connectivity index (χ3n) is 2.98. The number of halogens is 4. The van der Waals surface area contributed by atoms with E-state index in [4.69, 9.17) is 10.2 Å². The molecule has 2 aromatic rings. The second kappa shape index (κ2) is 6.67. The molecule has 0 aliphatic carbocycles. The lowest BCUT2D eigenvalue weighted by molar-refractivity contribution is -0.0564. The molecule has 9 heteroatoms. The Morgan fingerprint density at radius 2 is 1.62 bits per heavy atom. The summed E-state index contributed by atoms with van der Waals surface area (Å²) in [5.41, 5.74) is -0.819. The van der Waals surface area contributed by atoms with Gasteiger partial charge in [0.2, 0.25) is 6.29 Å². The summed E-state index contributed by atoms with van der Waals surface area (Å²) in [6.45, 7) is 0. The molecule has 0 spiro atoms. The molecule has 0 radical (unpaired) electrons. The number of aromatic carboxylic acids is 1. The summed E-state index contributed by atoms with van der Waals surface area (Å²) in [7, 11) is 0. The highest BCUT2D eigenvalue weighted by atomic mass is 19.2. The van der Waals surface area contributed by atoms with Crippen LogP contribution in [0.25, 0.3) is 0 Å². The summed E-state index contributed by atoms with van der Waals surface area (Å²) in [6, 6.07) is 4.30. The van der Waals surface area contributed by atoms with Crippen LogP contribution >= 0.6 is 0 Å². The molecule has 0 fully saturated rings. The van der Waals surface area contributed by atoms with Gasteiger partial charge in [-0.05, 0) is 30.3 Å². The van der Waals surface area contributed by atoms with Gasteiger partial charge in [-0.2, -0.15) is 0 Å². The van der Waals surface area contributed by atoms with Crippen molar-refractivity contribution in [3.8, 4) is 0 Å². The van der Waals surface area contributed by atoms with Crippen molar-refractivity contribution in [2.24, 2.45) is 0 Å². The van der Waals surface area contributed by atoms with Crippen LogP contribution in [-0.2, 0) is 4.74 Å². The van der Waals surface area contributed by atoms with Crippen LogP contribution in [-0.4, -0.2) is 22.2 Å². The molecule has 1 atom stereocenters. The van der Waals surface area contributed by atoms with Crippen molar-refractivity contribution in [3.05, 3.63) is 70.3 Å². The molecule has 0 saturated carbocycles. The molecule has 5 nitrogen and oxygen atoms in total. The summed E-state index contributed by atoms with van der Waals surface area (Å²) in [6.07, 6.45) is -1.70. The van der Waals surface area contributed by atoms with Crippen LogP contribution in [0.1, 0.15) is 32.6 Å². The molecule has 0 amide bonds. The Kier molecular flexibility index (Phi) is 4.84. The van der Waals surface area contributed by atoms with Crippen LogP contribution in [0.4, 0.5) is 17.6 Å². The highest BCUT2D eigenvalue weighted by molar-refractivity contribution is 5.93. The van der Waals surface area contributed by atoms with Crippen LogP contribution in [0, 0.1) is 23.3 Å². The first-order valence-electron chi connectivity index (χ1n) is 6.27. The van der Waals surface area contributed by atoms with Gasteiger partial charge in [0.15, 0.2) is 23.3 Å². The van der Waals surface area contributed by atoms with Gasteiger partial charge in [-0.25, -0.2) is 27.2 Å². The van der Waals surface area contributed by atoms with E-state index >= 15 is 0 Å². The maximum Gasteiger partial charge on any atom is 0.341 e. The maximum atomic E-state index is 13.0. The zero-order valence-electron chi connectivity index (χ0n) is 11.6. The number of cyclic esters (lactones) is 1. The molecule has 1 aliphatic heterocycles. The lowest BCUT2D eigenvalue weighted by Gasteiger charge is -2.02. The lowest BCUT2D eigenvalue weighted by atomic mass is 10.1. The average molecular weight is 344 g/mol. The average Bonchev–Trinajstić information content (AvgIpc) is 2.81. The largest absolute Gasteiger partial charge is 0.478 e. The van der Waals surface area contributed by atoms with Gasteiger partial charge in [0.05, 0.1) is 16.7 Å². The van der Waals surface area contributed by atoms with Crippen LogP contribution in [0.2, 0.25) is 0 Å². The van der Waals surface area contributed by atoms with Crippen molar-refractivity contribution in [2.75, 3.05) is 0 Å². The van der Waals surface area contributed by atoms with Crippen molar-refractivity contribution in [3.63, 3.8) is 0 Å². The summed E-state index contributed by atoms with van der Waals surface area (Å²) in [5.74, 6) is -6.67. The number of hydrogen-bond acceptors (Lipinski definition) is 4. The molecule has 2 N–H and O–H groups in total. The third kappa shape index (κ3) is 3.35. The number of carbonyl (C=O) groups excluding carboxylic acids is 1. The predicted octanol–water partition coefficient (Wildman–Crippen LogP) is 2.79. The summed E-state index contributed by atoms with van der Waals surface area (Å²) in [4.78, 5) is 21.0. The Bertz CT molecular complexity index is 822. The van der Waals surface area contributed by atoms with E-state index in [9.17, 15) is 27.2 Å². The number of carboxylic acid groups (broad SMARTS) is 1. The summed E-state index contributed by atoms with van der Waals surface area (Å²) in [5, 5.41) is 17.3. The minimum Gasteiger partial charge on any atom is -0.478 e. The summed E-state index contributed by atoms with van der Waals surface area (Å²) >= 11 is 0. The van der Waals surface area contributed by atoms with Gasteiger partial charge in [-0.15, -0.1) is 0 Å². The Hall–Kier alpha value is -2.94. The molecule has 126 valence electrons. The van der Waals surface area contributed by atoms with Crippen LogP contribution in [0.5, 0.6) is 0 Å². The first-order valence-corrected chi connectivity index (χ1v) is 6.27. The van der Waals surface area contributed by atoms with Crippen molar-refractivity contribution in [1.82, 2.24) is 0 Å². The van der Waals surface area contributed by atoms with Crippen LogP contribution < -0.4 is 0 Å². The van der Waals surface area contributed by atoms with E-state index in [1.54, 1.807) is 0 Å². The molecule has 2 aromatic carbocycles. The van der Waals surface area contributed by atoms with E-state index in [0.29, 0.717) is 6.07 Å². The molecule has 3 rings (SSSR count). The van der Waals surface area contributed by atoms with E-state index in [1.165, 1.54) is 0 Å². The molecule has 1 aliphatic rings. The van der Waals surface area contributed by atoms with Crippen molar-refractivity contribution < 1.29 is 42.1 Å². The second-order valence-corrected chi connectivity index (χ2v) is 4.51. The zero-order valence-corrected chi connectivity index (χ0v) is 11.6. The number of aliphatic hydroxyl groups excluding tert-OH is 1. The van der Waals surface area contributed by atoms with E-state index in [0.717, 1.165) is 24.3 Å². The van der Waals surface area contributed by atoms with Gasteiger partial charge < -0.3 is 14.9 Å². The number of benzene rings is 2. The Morgan fingerprint density at radius 1 is 1.00 bits per heavy atom. The number of esters is 1. The normalized spacial score (nSPS) is 15.2. The van der Waals surface area contributed by atoms with Crippen molar-refractivity contribution in [2.45, 2.75) is 6.29 Å². The van der Waals surface area contributed by atoms with Crippen LogP contribution in [0.15, 0.2) is 30.3 Å². The minimum atomic E-state index is -1.70. The molecular formula is C15H8F4O5. The fraction of sp³-hybridized carbons (Fsp3) is 0.0667. The highest BCUT2D eigenvalue weighted by Gasteiger charge is 2.33. The number of ether oxygens (including phenoxy) is 1. The quantitative estimate of drug-likeness (QED) is 0.614. The highest BCUT2D eigenvalue weighted by Crippen LogP contribution is 2.31. The van der Waals surface area contributed by atoms with Gasteiger partial charge in [0, 0.05) is 0 Å². The van der Waals surface area contributed by atoms with Gasteiger partial charge in [0.25, 0.3) is 0 Å². The number of carbonyl (C=O) groups is 2. The number of hydrogen-bond donors (Lipinski definition) is 2. The Balaban J connectivity index is 0.000000177. The zero-order chi connectivity index (χ0) is 18.0. The molecule has 1 heterocycles. The number of rotatable bonds is 1. The topological polar surface area (TPSA) is 83.8 Å². The molecule has 24 heavy (non-hydrogen) atoms. The number of carboxylic acids is 1. The van der Waals surface area contributed by atoms with E-state index in [1.807, 2.05) is 0 Å². The van der Waals surface area contributed by atoms with Gasteiger partial charge in [-0.3, -0.25) is 0 Å². The monoisotopic (exact) mass is 344 g/mol. The SMILES string of the molecule is O=C(O)c1ccc(F)c(F)c1.O=C1OC(O)c2c1ccc(F)c2F. The van der Waals surface area contributed by atoms with Gasteiger partial charge in [0.1, 0.15) is 0 Å². The fourth-order valence-electron chi connectivity index (χ4n) is 1.84. The minimum absolute atomic E-state index is 0.133. The third-order valence-corrected chi connectivity index (χ3v) is 2.98. The number of aliphatic hydroxyl groups is 1. The van der Waals surface area contributed by atoms with Crippen molar-refractivity contribution >= 4 is 11.9 Å². The van der Waals surface area contributed by atoms with E-state index in [-0.39, 0.29) is 11.1 Å². The fourth-order valence-corrected chi connectivity index (χ4v) is 1.84. The molecule has 0 saturated heterocycles. The van der Waals surface area contributed by atoms with E-state index in [2.05, 4.69) is 4.74 Å². The van der Waals surface area contributed by atoms with E-state index < -0.39 is 47.1 Å². The number of fused-ring (bicyclic) bond motifs is 1. The van der Waals surface area contributed by atoms with Crippen LogP contribution in [0.3, 0.4) is 0 Å². The molecule has 1 unspecified atom stereocenters. The lowest BCUT2D eigenvalue weighted by Crippen LogP contribution is -1.98. The molecule has 0 bridgehead atoms. The first kappa shape index (κ1) is 17.4.